The lowest BCUT2D eigenvalue weighted by atomic mass is 10.1. The summed E-state index contributed by atoms with van der Waals surface area (Å²) in [5, 5.41) is 4.04. The van der Waals surface area contributed by atoms with Gasteiger partial charge in [-0.2, -0.15) is 13.2 Å². The lowest BCUT2D eigenvalue weighted by molar-refractivity contribution is -0.137. The normalized spacial score (nSPS) is 12.5. The number of ether oxygens (including phenoxy) is 1. The highest BCUT2D eigenvalue weighted by Gasteiger charge is 2.30. The van der Waals surface area contributed by atoms with Crippen LogP contribution in [0.1, 0.15) is 19.4 Å². The standard InChI is InChI=1S/C28H24F3N5O/c1-17(2)33-23-16-26-24(15-22(23)35-21-8-6-14-32-27(21)37-3)34-20-7-4-5-9-25(20)36(26)19-12-10-18(11-13-19)28(29,30)31/h4-17,35H,1-3H3/b33-23+. The number of rotatable bonds is 5. The van der Waals surface area contributed by atoms with E-state index in [4.69, 9.17) is 14.7 Å². The highest BCUT2D eigenvalue weighted by Crippen LogP contribution is 2.33. The van der Waals surface area contributed by atoms with Crippen molar-refractivity contribution in [2.24, 2.45) is 4.99 Å². The van der Waals surface area contributed by atoms with Crippen LogP contribution < -0.4 is 15.4 Å². The molecule has 2 heterocycles. The van der Waals surface area contributed by atoms with Crippen LogP contribution in [0.15, 0.2) is 84.0 Å². The number of halogens is 3. The molecule has 2 aliphatic rings. The lowest BCUT2D eigenvalue weighted by Crippen LogP contribution is -2.17. The van der Waals surface area contributed by atoms with Crippen molar-refractivity contribution in [3.63, 3.8) is 0 Å². The van der Waals surface area contributed by atoms with Gasteiger partial charge in [0.15, 0.2) is 0 Å². The topological polar surface area (TPSA) is 64.3 Å². The van der Waals surface area contributed by atoms with Crippen molar-refractivity contribution in [3.8, 4) is 23.0 Å². The molecular formula is C28H24F3N5O. The van der Waals surface area contributed by atoms with Crippen LogP contribution in [0, 0.1) is 0 Å². The molecular weight excluding hydrogens is 479 g/mol. The van der Waals surface area contributed by atoms with Crippen LogP contribution in [-0.4, -0.2) is 27.7 Å². The van der Waals surface area contributed by atoms with Gasteiger partial charge in [-0.15, -0.1) is 0 Å². The van der Waals surface area contributed by atoms with E-state index in [1.54, 1.807) is 19.4 Å². The third-order valence-corrected chi connectivity index (χ3v) is 5.78. The van der Waals surface area contributed by atoms with Gasteiger partial charge in [-0.05, 0) is 74.5 Å². The van der Waals surface area contributed by atoms with Crippen LogP contribution in [0.2, 0.25) is 0 Å². The summed E-state index contributed by atoms with van der Waals surface area (Å²) in [6.45, 7) is 3.95. The maximum absolute atomic E-state index is 13.2. The Morgan fingerprint density at radius 1 is 0.946 bits per heavy atom. The van der Waals surface area contributed by atoms with Gasteiger partial charge in [0.25, 0.3) is 0 Å². The predicted molar refractivity (Wildman–Crippen MR) is 137 cm³/mol. The molecule has 1 aromatic heterocycles. The molecule has 0 spiro atoms. The number of fused-ring (bicyclic) bond motifs is 2. The molecule has 0 unspecified atom stereocenters. The average Bonchev–Trinajstić information content (AvgIpc) is 2.87. The summed E-state index contributed by atoms with van der Waals surface area (Å²) in [6, 6.07) is 20.1. The summed E-state index contributed by atoms with van der Waals surface area (Å²) in [5.74, 6) is 0.435. The Hall–Kier alpha value is -4.40. The van der Waals surface area contributed by atoms with Crippen molar-refractivity contribution in [2.75, 3.05) is 12.4 Å². The van der Waals surface area contributed by atoms with Crippen molar-refractivity contribution in [2.45, 2.75) is 26.1 Å². The van der Waals surface area contributed by atoms with Gasteiger partial charge in [0, 0.05) is 17.9 Å². The van der Waals surface area contributed by atoms with Crippen molar-refractivity contribution in [1.82, 2.24) is 14.5 Å². The molecule has 0 atom stereocenters. The Morgan fingerprint density at radius 2 is 1.70 bits per heavy atom. The SMILES string of the molecule is COc1ncccc1Nc1cc2nc3ccccc3n(-c3ccc(C(F)(F)F)cc3)c-2c/c1=N\C(C)C. The van der Waals surface area contributed by atoms with Crippen LogP contribution >= 0.6 is 0 Å². The minimum atomic E-state index is -4.41. The number of nitrogens with one attached hydrogen (secondary N) is 1. The van der Waals surface area contributed by atoms with Gasteiger partial charge in [0.2, 0.25) is 5.88 Å². The van der Waals surface area contributed by atoms with E-state index in [1.807, 2.05) is 60.9 Å². The van der Waals surface area contributed by atoms with E-state index >= 15 is 0 Å². The summed E-state index contributed by atoms with van der Waals surface area (Å²) in [6.07, 6.45) is -2.77. The second-order valence-corrected chi connectivity index (χ2v) is 8.75. The molecule has 188 valence electrons. The summed E-state index contributed by atoms with van der Waals surface area (Å²) in [7, 11) is 1.55. The van der Waals surface area contributed by atoms with Crippen LogP contribution in [0.5, 0.6) is 5.88 Å². The van der Waals surface area contributed by atoms with E-state index in [-0.39, 0.29) is 6.04 Å². The first-order valence-electron chi connectivity index (χ1n) is 11.7. The molecule has 3 aromatic rings. The van der Waals surface area contributed by atoms with Gasteiger partial charge in [-0.25, -0.2) is 9.97 Å². The van der Waals surface area contributed by atoms with Gasteiger partial charge < -0.3 is 14.6 Å². The number of hydrogen-bond acceptors (Lipinski definition) is 5. The Bertz CT molecular complexity index is 1610. The molecule has 2 aromatic carbocycles. The van der Waals surface area contributed by atoms with Gasteiger partial charge in [-0.3, -0.25) is 4.99 Å². The number of aromatic nitrogens is 3. The highest BCUT2D eigenvalue weighted by atomic mass is 19.4. The van der Waals surface area contributed by atoms with Crippen LogP contribution in [0.25, 0.3) is 28.1 Å². The van der Waals surface area contributed by atoms with Crippen LogP contribution in [-0.2, 0) is 6.18 Å². The zero-order chi connectivity index (χ0) is 26.2. The molecule has 9 heteroatoms. The zero-order valence-electron chi connectivity index (χ0n) is 20.4. The molecule has 1 N–H and O–H groups in total. The Balaban J connectivity index is 1.78. The molecule has 37 heavy (non-hydrogen) atoms. The largest absolute Gasteiger partial charge is 0.480 e. The highest BCUT2D eigenvalue weighted by molar-refractivity contribution is 5.84. The molecule has 1 aliphatic heterocycles. The molecule has 0 saturated carbocycles. The number of pyridine rings is 1. The van der Waals surface area contributed by atoms with E-state index in [2.05, 4.69) is 10.3 Å². The average molecular weight is 504 g/mol. The van der Waals surface area contributed by atoms with E-state index < -0.39 is 11.7 Å². The molecule has 1 aliphatic carbocycles. The van der Waals surface area contributed by atoms with Gasteiger partial charge in [-0.1, -0.05) is 12.1 Å². The number of anilines is 2. The first-order chi connectivity index (χ1) is 17.7. The van der Waals surface area contributed by atoms with Gasteiger partial charge in [0.1, 0.15) is 5.69 Å². The second kappa shape index (κ2) is 9.57. The van der Waals surface area contributed by atoms with Crippen molar-refractivity contribution in [3.05, 3.63) is 89.9 Å². The number of methoxy groups -OCH3 is 1. The Labute approximate surface area is 211 Å². The summed E-state index contributed by atoms with van der Waals surface area (Å²) in [4.78, 5) is 13.9. The number of benzene rings is 3. The van der Waals surface area contributed by atoms with Gasteiger partial charge >= 0.3 is 6.18 Å². The minimum Gasteiger partial charge on any atom is -0.480 e. The van der Waals surface area contributed by atoms with Crippen LogP contribution in [0.3, 0.4) is 0 Å². The molecule has 6 nitrogen and oxygen atoms in total. The Morgan fingerprint density at radius 3 is 2.41 bits per heavy atom. The summed E-state index contributed by atoms with van der Waals surface area (Å²) < 4.78 is 47.0. The first kappa shape index (κ1) is 24.3. The fourth-order valence-corrected chi connectivity index (χ4v) is 4.20. The molecule has 0 saturated heterocycles. The summed E-state index contributed by atoms with van der Waals surface area (Å²) in [5.41, 5.74) is 4.07. The monoisotopic (exact) mass is 503 g/mol. The van der Waals surface area contributed by atoms with Gasteiger partial charge in [0.05, 0.1) is 46.1 Å². The third-order valence-electron chi connectivity index (χ3n) is 5.78. The second-order valence-electron chi connectivity index (χ2n) is 8.75. The number of hydrogen-bond donors (Lipinski definition) is 1. The fraction of sp³-hybridized carbons (Fsp3) is 0.179. The smallest absolute Gasteiger partial charge is 0.416 e. The van der Waals surface area contributed by atoms with E-state index in [1.165, 1.54) is 12.1 Å². The number of para-hydroxylation sites is 2. The number of alkyl halides is 3. The molecule has 0 fully saturated rings. The summed E-state index contributed by atoms with van der Waals surface area (Å²) >= 11 is 0. The molecule has 0 amide bonds. The van der Waals surface area contributed by atoms with Crippen molar-refractivity contribution < 1.29 is 17.9 Å². The minimum absolute atomic E-state index is 0.0123. The maximum Gasteiger partial charge on any atom is 0.416 e. The van der Waals surface area contributed by atoms with Crippen molar-refractivity contribution >= 4 is 22.4 Å². The maximum atomic E-state index is 13.2. The van der Waals surface area contributed by atoms with E-state index in [0.717, 1.165) is 17.6 Å². The molecule has 0 radical (unpaired) electrons. The lowest BCUT2D eigenvalue weighted by Gasteiger charge is -2.21. The van der Waals surface area contributed by atoms with Crippen molar-refractivity contribution in [1.29, 1.82) is 0 Å². The molecule has 0 bridgehead atoms. The van der Waals surface area contributed by atoms with Crippen LogP contribution in [0.4, 0.5) is 24.5 Å². The third kappa shape index (κ3) is 4.84. The predicted octanol–water partition coefficient (Wildman–Crippen LogP) is 6.61. The Kier molecular flexibility index (Phi) is 6.29. The number of nitrogens with zero attached hydrogens (tertiary/aromatic N) is 4. The first-order valence-corrected chi connectivity index (χ1v) is 11.7. The molecule has 5 rings (SSSR count). The van der Waals surface area contributed by atoms with E-state index in [9.17, 15) is 13.2 Å². The quantitative estimate of drug-likeness (QED) is 0.274. The zero-order valence-corrected chi connectivity index (χ0v) is 20.4. The fourth-order valence-electron chi connectivity index (χ4n) is 4.20. The van der Waals surface area contributed by atoms with E-state index in [0.29, 0.717) is 45.2 Å².